The first-order valence-corrected chi connectivity index (χ1v) is 6.53. The fourth-order valence-electron chi connectivity index (χ4n) is 0.773. The van der Waals surface area contributed by atoms with Crippen molar-refractivity contribution in [2.24, 2.45) is 0 Å². The molecule has 0 unspecified atom stereocenters. The van der Waals surface area contributed by atoms with Gasteiger partial charge >= 0.3 is 0 Å². The van der Waals surface area contributed by atoms with Crippen LogP contribution in [0.5, 0.6) is 0 Å². The summed E-state index contributed by atoms with van der Waals surface area (Å²) in [4.78, 5) is 0.953. The quantitative estimate of drug-likeness (QED) is 0.526. The van der Waals surface area contributed by atoms with Crippen LogP contribution in [0.2, 0.25) is 0 Å². The zero-order valence-corrected chi connectivity index (χ0v) is 12.9. The van der Waals surface area contributed by atoms with E-state index in [2.05, 4.69) is 31.4 Å². The van der Waals surface area contributed by atoms with Crippen LogP contribution in [0, 0.1) is 0 Å². The summed E-state index contributed by atoms with van der Waals surface area (Å²) in [6, 6.07) is 0. The Hall–Kier alpha value is -0.630. The highest BCUT2D eigenvalue weighted by Gasteiger charge is 1.96. The Bertz CT molecular complexity index is 215. The van der Waals surface area contributed by atoms with Gasteiger partial charge in [-0.3, -0.25) is 0 Å². The van der Waals surface area contributed by atoms with Crippen LogP contribution in [0.15, 0.2) is 34.9 Å². The molecule has 0 spiro atoms. The van der Waals surface area contributed by atoms with E-state index in [1.165, 1.54) is 0 Å². The minimum absolute atomic E-state index is 0.953. The maximum Gasteiger partial charge on any atom is 0.0375 e. The van der Waals surface area contributed by atoms with Gasteiger partial charge in [0.1, 0.15) is 0 Å². The van der Waals surface area contributed by atoms with E-state index in [-0.39, 0.29) is 0 Å². The summed E-state index contributed by atoms with van der Waals surface area (Å²) in [6.07, 6.45) is 4.88. The van der Waals surface area contributed by atoms with E-state index in [0.29, 0.717) is 0 Å². The van der Waals surface area contributed by atoms with Gasteiger partial charge in [0.25, 0.3) is 0 Å². The van der Waals surface area contributed by atoms with E-state index in [1.807, 2.05) is 53.8 Å². The molecule has 0 fully saturated rings. The average Bonchev–Trinajstić information content (AvgIpc) is 2.39. The maximum atomic E-state index is 4.26. The van der Waals surface area contributed by atoms with Crippen LogP contribution in [-0.2, 0) is 0 Å². The van der Waals surface area contributed by atoms with E-state index < -0.39 is 0 Å². The molecule has 0 amide bonds. The van der Waals surface area contributed by atoms with Crippen LogP contribution < -0.4 is 5.32 Å². The summed E-state index contributed by atoms with van der Waals surface area (Å²) in [7, 11) is 1.89. The number of allylic oxidation sites excluding steroid dienone is 3. The number of hydrogen-bond acceptors (Lipinski definition) is 2. The van der Waals surface area contributed by atoms with Crippen LogP contribution in [0.25, 0.3) is 0 Å². The molecule has 0 saturated carbocycles. The van der Waals surface area contributed by atoms with Gasteiger partial charge in [0.2, 0.25) is 0 Å². The lowest BCUT2D eigenvalue weighted by molar-refractivity contribution is 0.958. The molecule has 0 aliphatic heterocycles. The van der Waals surface area contributed by atoms with Gasteiger partial charge in [0, 0.05) is 17.6 Å². The van der Waals surface area contributed by atoms with Gasteiger partial charge in [-0.2, -0.15) is 0 Å². The fraction of sp³-hybridized carbons (Fsp3) is 0.571. The van der Waals surface area contributed by atoms with Gasteiger partial charge in [-0.1, -0.05) is 47.3 Å². The van der Waals surface area contributed by atoms with Crippen LogP contribution in [0.4, 0.5) is 0 Å². The molecule has 1 nitrogen and oxygen atoms in total. The summed E-state index contributed by atoms with van der Waals surface area (Å²) < 4.78 is 0. The Balaban J connectivity index is -0.000000376. The topological polar surface area (TPSA) is 12.0 Å². The monoisotopic (exact) mass is 243 g/mol. The van der Waals surface area contributed by atoms with Crippen LogP contribution in [0.1, 0.15) is 48.0 Å². The van der Waals surface area contributed by atoms with Crippen LogP contribution in [0.3, 0.4) is 0 Å². The molecule has 0 radical (unpaired) electrons. The molecule has 0 bridgehead atoms. The molecule has 0 atom stereocenters. The molecule has 1 N–H and O–H groups in total. The third-order valence-corrected chi connectivity index (χ3v) is 2.05. The van der Waals surface area contributed by atoms with E-state index in [4.69, 9.17) is 0 Å². The third-order valence-electron chi connectivity index (χ3n) is 1.67. The Morgan fingerprint density at radius 2 is 1.69 bits per heavy atom. The molecule has 0 heterocycles. The Morgan fingerprint density at radius 1 is 1.25 bits per heavy atom. The van der Waals surface area contributed by atoms with E-state index >= 15 is 0 Å². The highest BCUT2D eigenvalue weighted by molar-refractivity contribution is 7.84. The largest absolute Gasteiger partial charge is 0.388 e. The predicted octanol–water partition coefficient (Wildman–Crippen LogP) is 4.94. The number of thiol groups is 1. The molecule has 0 aromatic rings. The second-order valence-electron chi connectivity index (χ2n) is 2.48. The minimum atomic E-state index is 0.953. The van der Waals surface area contributed by atoms with Gasteiger partial charge < -0.3 is 5.32 Å². The van der Waals surface area contributed by atoms with E-state index in [1.54, 1.807) is 0 Å². The summed E-state index contributed by atoms with van der Waals surface area (Å²) in [5.74, 6) is 0. The number of rotatable bonds is 4. The van der Waals surface area contributed by atoms with Crippen molar-refractivity contribution in [3.8, 4) is 0 Å². The van der Waals surface area contributed by atoms with Crippen molar-refractivity contribution in [3.05, 3.63) is 34.9 Å². The first kappa shape index (κ1) is 20.7. The second-order valence-corrected chi connectivity index (χ2v) is 3.00. The molecule has 0 aliphatic carbocycles. The first-order valence-electron chi connectivity index (χ1n) is 6.08. The molecule has 0 aromatic heterocycles. The normalized spacial score (nSPS) is 10.5. The summed E-state index contributed by atoms with van der Waals surface area (Å²) in [5.41, 5.74) is 2.16. The highest BCUT2D eigenvalue weighted by Crippen LogP contribution is 2.12. The third kappa shape index (κ3) is 11.4. The Labute approximate surface area is 108 Å². The summed E-state index contributed by atoms with van der Waals surface area (Å²) in [5, 5.41) is 3.09. The molecular weight excluding hydrogens is 214 g/mol. The molecule has 0 aromatic carbocycles. The zero-order valence-electron chi connectivity index (χ0n) is 12.0. The molecule has 2 heteroatoms. The Kier molecular flexibility index (Phi) is 21.8. The SMILES string of the molecule is C=C(CC)/C(=C\C(S)=C/C)NC.CC.CC. The lowest BCUT2D eigenvalue weighted by Gasteiger charge is -2.07. The van der Waals surface area contributed by atoms with Crippen molar-refractivity contribution in [1.29, 1.82) is 0 Å². The van der Waals surface area contributed by atoms with Crippen molar-refractivity contribution in [3.63, 3.8) is 0 Å². The molecule has 0 rings (SSSR count). The standard InChI is InChI=1S/C10H17NS.2C2H6/c1-5-8(3)10(11-4)7-9(12)6-2;2*1-2/h6-7,11-12H,3,5H2,1-2,4H3;2*1-2H3/b9-6+,10-7+;;. The lowest BCUT2D eigenvalue weighted by atomic mass is 10.1. The van der Waals surface area contributed by atoms with Crippen molar-refractivity contribution in [2.45, 2.75) is 48.0 Å². The lowest BCUT2D eigenvalue weighted by Crippen LogP contribution is -2.07. The Morgan fingerprint density at radius 3 is 1.94 bits per heavy atom. The molecular formula is C14H29NS. The number of hydrogen-bond donors (Lipinski definition) is 2. The van der Waals surface area contributed by atoms with E-state index in [0.717, 1.165) is 22.6 Å². The van der Waals surface area contributed by atoms with Gasteiger partial charge in [-0.05, 0) is 25.0 Å². The van der Waals surface area contributed by atoms with Gasteiger partial charge in [-0.25, -0.2) is 0 Å². The van der Waals surface area contributed by atoms with Crippen molar-refractivity contribution in [1.82, 2.24) is 5.32 Å². The molecule has 16 heavy (non-hydrogen) atoms. The predicted molar refractivity (Wildman–Crippen MR) is 82.0 cm³/mol. The van der Waals surface area contributed by atoms with E-state index in [9.17, 15) is 0 Å². The van der Waals surface area contributed by atoms with Crippen molar-refractivity contribution < 1.29 is 0 Å². The summed E-state index contributed by atoms with van der Waals surface area (Å²) >= 11 is 4.26. The highest BCUT2D eigenvalue weighted by atomic mass is 32.1. The van der Waals surface area contributed by atoms with Gasteiger partial charge in [0.05, 0.1) is 0 Å². The number of likely N-dealkylation sites (N-methyl/N-ethyl adjacent to an activating group) is 1. The molecule has 96 valence electrons. The van der Waals surface area contributed by atoms with Gasteiger partial charge in [0.15, 0.2) is 0 Å². The smallest absolute Gasteiger partial charge is 0.0375 e. The molecule has 0 saturated heterocycles. The van der Waals surface area contributed by atoms with Crippen LogP contribution in [-0.4, -0.2) is 7.05 Å². The minimum Gasteiger partial charge on any atom is -0.388 e. The fourth-order valence-corrected chi connectivity index (χ4v) is 0.902. The first-order chi connectivity index (χ1) is 7.65. The number of nitrogens with one attached hydrogen (secondary N) is 1. The van der Waals surface area contributed by atoms with Gasteiger partial charge in [-0.15, -0.1) is 12.6 Å². The zero-order chi connectivity index (χ0) is 13.6. The molecule has 0 aliphatic rings. The van der Waals surface area contributed by atoms with Crippen LogP contribution >= 0.6 is 12.6 Å². The van der Waals surface area contributed by atoms with Crippen molar-refractivity contribution >= 4 is 12.6 Å². The summed E-state index contributed by atoms with van der Waals surface area (Å²) in [6.45, 7) is 16.0. The second kappa shape index (κ2) is 16.8. The average molecular weight is 243 g/mol. The maximum absolute atomic E-state index is 4.26. The van der Waals surface area contributed by atoms with Crippen molar-refractivity contribution in [2.75, 3.05) is 7.05 Å².